The number of nitrogens with zero attached hydrogens (tertiary/aromatic N) is 2. The Morgan fingerprint density at radius 1 is 1.38 bits per heavy atom. The van der Waals surface area contributed by atoms with Crippen molar-refractivity contribution in [2.24, 2.45) is 5.41 Å². The molecule has 122 valence electrons. The van der Waals surface area contributed by atoms with Crippen molar-refractivity contribution in [3.63, 3.8) is 0 Å². The predicted molar refractivity (Wildman–Crippen MR) is 73.9 cm³/mol. The van der Waals surface area contributed by atoms with E-state index in [1.807, 2.05) is 0 Å². The zero-order valence-corrected chi connectivity index (χ0v) is 12.8. The molecule has 0 radical (unpaired) electrons. The molecule has 5 nitrogen and oxygen atoms in total. The van der Waals surface area contributed by atoms with Gasteiger partial charge in [-0.1, -0.05) is 20.8 Å². The Balaban J connectivity index is 2.85. The minimum Gasteiger partial charge on any atom is -0.395 e. The smallest absolute Gasteiger partial charge is 0.255 e. The Bertz CT molecular complexity index is 383. The molecule has 1 N–H and O–H groups in total. The lowest BCUT2D eigenvalue weighted by molar-refractivity contribution is -0.149. The topological polar surface area (TPSA) is 60.9 Å². The van der Waals surface area contributed by atoms with Crippen molar-refractivity contribution in [3.8, 4) is 0 Å². The number of alkyl halides is 2. The third-order valence-electron chi connectivity index (χ3n) is 3.48. The number of rotatable bonds is 5. The molecule has 0 bridgehead atoms. The van der Waals surface area contributed by atoms with E-state index < -0.39 is 30.3 Å². The SMILES string of the molecule is CC(C)(C)C(=O)N1CCCC1C(=O)N(CCO)CC(F)F. The molecule has 0 saturated carbocycles. The van der Waals surface area contributed by atoms with E-state index in [1.165, 1.54) is 4.90 Å². The molecule has 21 heavy (non-hydrogen) atoms. The fourth-order valence-corrected chi connectivity index (χ4v) is 2.49. The van der Waals surface area contributed by atoms with E-state index in [0.29, 0.717) is 19.4 Å². The Kier molecular flexibility index (Phi) is 6.07. The molecule has 0 aromatic heterocycles. The van der Waals surface area contributed by atoms with Gasteiger partial charge in [0.15, 0.2) is 0 Å². The summed E-state index contributed by atoms with van der Waals surface area (Å²) in [5.41, 5.74) is -0.618. The van der Waals surface area contributed by atoms with Gasteiger partial charge < -0.3 is 14.9 Å². The number of carbonyl (C=O) groups is 2. The largest absolute Gasteiger partial charge is 0.395 e. The van der Waals surface area contributed by atoms with Crippen LogP contribution in [0.3, 0.4) is 0 Å². The van der Waals surface area contributed by atoms with Crippen molar-refractivity contribution >= 4 is 11.8 Å². The van der Waals surface area contributed by atoms with Crippen LogP contribution in [0.15, 0.2) is 0 Å². The molecule has 1 aliphatic rings. The predicted octanol–water partition coefficient (Wildman–Crippen LogP) is 1.11. The first-order valence-electron chi connectivity index (χ1n) is 7.17. The summed E-state index contributed by atoms with van der Waals surface area (Å²) in [5.74, 6) is -0.654. The maximum absolute atomic E-state index is 12.5. The zero-order chi connectivity index (χ0) is 16.2. The lowest BCUT2D eigenvalue weighted by Gasteiger charge is -2.33. The van der Waals surface area contributed by atoms with Gasteiger partial charge >= 0.3 is 0 Å². The van der Waals surface area contributed by atoms with Crippen LogP contribution in [0.25, 0.3) is 0 Å². The summed E-state index contributed by atoms with van der Waals surface area (Å²) in [7, 11) is 0. The van der Waals surface area contributed by atoms with Crippen LogP contribution >= 0.6 is 0 Å². The van der Waals surface area contributed by atoms with E-state index in [1.54, 1.807) is 20.8 Å². The highest BCUT2D eigenvalue weighted by Gasteiger charge is 2.40. The van der Waals surface area contributed by atoms with Gasteiger partial charge in [0.05, 0.1) is 13.2 Å². The summed E-state index contributed by atoms with van der Waals surface area (Å²) in [6, 6.07) is -0.693. The standard InChI is InChI=1S/C14H24F2N2O3/c1-14(2,3)13(21)18-6-4-5-10(18)12(20)17(7-8-19)9-11(15)16/h10-11,19H,4-9H2,1-3H3. The van der Waals surface area contributed by atoms with Gasteiger partial charge in [0.1, 0.15) is 6.04 Å². The zero-order valence-electron chi connectivity index (χ0n) is 12.8. The molecular weight excluding hydrogens is 282 g/mol. The molecule has 1 unspecified atom stereocenters. The monoisotopic (exact) mass is 306 g/mol. The van der Waals surface area contributed by atoms with E-state index >= 15 is 0 Å². The minimum atomic E-state index is -2.66. The number of carbonyl (C=O) groups excluding carboxylic acids is 2. The Hall–Kier alpha value is -1.24. The molecule has 1 atom stereocenters. The van der Waals surface area contributed by atoms with Crippen LogP contribution in [0.1, 0.15) is 33.6 Å². The van der Waals surface area contributed by atoms with Gasteiger partial charge in [-0.3, -0.25) is 9.59 Å². The third-order valence-corrected chi connectivity index (χ3v) is 3.48. The first-order valence-corrected chi connectivity index (χ1v) is 7.17. The number of likely N-dealkylation sites (tertiary alicyclic amines) is 1. The second kappa shape index (κ2) is 7.15. The first-order chi connectivity index (χ1) is 9.68. The van der Waals surface area contributed by atoms with Crippen molar-refractivity contribution in [1.29, 1.82) is 0 Å². The van der Waals surface area contributed by atoms with Crippen molar-refractivity contribution in [2.45, 2.75) is 46.1 Å². The van der Waals surface area contributed by atoms with Crippen LogP contribution in [-0.2, 0) is 9.59 Å². The maximum Gasteiger partial charge on any atom is 0.255 e. The summed E-state index contributed by atoms with van der Waals surface area (Å²) in [5, 5.41) is 8.93. The summed E-state index contributed by atoms with van der Waals surface area (Å²) in [4.78, 5) is 27.2. The number of amides is 2. The van der Waals surface area contributed by atoms with Crippen LogP contribution in [-0.4, -0.2) is 65.4 Å². The van der Waals surface area contributed by atoms with E-state index in [9.17, 15) is 18.4 Å². The van der Waals surface area contributed by atoms with Gasteiger partial charge in [-0.05, 0) is 12.8 Å². The first kappa shape index (κ1) is 17.8. The molecule has 1 fully saturated rings. The lowest BCUT2D eigenvalue weighted by Crippen LogP contribution is -2.52. The van der Waals surface area contributed by atoms with E-state index in [2.05, 4.69) is 0 Å². The maximum atomic E-state index is 12.5. The van der Waals surface area contributed by atoms with Gasteiger partial charge in [-0.15, -0.1) is 0 Å². The van der Waals surface area contributed by atoms with Crippen LogP contribution < -0.4 is 0 Å². The average molecular weight is 306 g/mol. The Morgan fingerprint density at radius 2 is 2.00 bits per heavy atom. The number of aliphatic hydroxyl groups excluding tert-OH is 1. The van der Waals surface area contributed by atoms with Crippen molar-refractivity contribution in [1.82, 2.24) is 9.80 Å². The second-order valence-corrected chi connectivity index (χ2v) is 6.31. The van der Waals surface area contributed by atoms with Gasteiger partial charge in [-0.2, -0.15) is 0 Å². The Labute approximate surface area is 123 Å². The lowest BCUT2D eigenvalue weighted by atomic mass is 9.94. The number of hydrogen-bond donors (Lipinski definition) is 1. The molecule has 0 aromatic rings. The Morgan fingerprint density at radius 3 is 2.48 bits per heavy atom. The number of hydrogen-bond acceptors (Lipinski definition) is 3. The number of halogens is 2. The van der Waals surface area contributed by atoms with Gasteiger partial charge in [0.2, 0.25) is 11.8 Å². The minimum absolute atomic E-state index is 0.142. The molecular formula is C14H24F2N2O3. The van der Waals surface area contributed by atoms with Gasteiger partial charge in [0.25, 0.3) is 6.43 Å². The average Bonchev–Trinajstić information content (AvgIpc) is 2.83. The fourth-order valence-electron chi connectivity index (χ4n) is 2.49. The highest BCUT2D eigenvalue weighted by atomic mass is 19.3. The third kappa shape index (κ3) is 4.62. The highest BCUT2D eigenvalue weighted by Crippen LogP contribution is 2.26. The van der Waals surface area contributed by atoms with Gasteiger partial charge in [-0.25, -0.2) is 8.78 Å². The van der Waals surface area contributed by atoms with E-state index in [4.69, 9.17) is 5.11 Å². The van der Waals surface area contributed by atoms with Crippen molar-refractivity contribution < 1.29 is 23.5 Å². The summed E-state index contributed by atoms with van der Waals surface area (Å²) in [6.07, 6.45) is -1.50. The van der Waals surface area contributed by atoms with Crippen LogP contribution in [0.5, 0.6) is 0 Å². The molecule has 2 amide bonds. The molecule has 1 heterocycles. The summed E-state index contributed by atoms with van der Waals surface area (Å²) in [6.45, 7) is 4.52. The van der Waals surface area contributed by atoms with Crippen molar-refractivity contribution in [3.05, 3.63) is 0 Å². The summed E-state index contributed by atoms with van der Waals surface area (Å²) < 4.78 is 25.1. The molecule has 1 rings (SSSR count). The summed E-state index contributed by atoms with van der Waals surface area (Å²) >= 11 is 0. The normalized spacial score (nSPS) is 19.2. The molecule has 1 saturated heterocycles. The fraction of sp³-hybridized carbons (Fsp3) is 0.857. The van der Waals surface area contributed by atoms with Gasteiger partial charge in [0, 0.05) is 18.5 Å². The highest BCUT2D eigenvalue weighted by molar-refractivity contribution is 5.90. The quantitative estimate of drug-likeness (QED) is 0.828. The molecule has 0 spiro atoms. The molecule has 7 heteroatoms. The van der Waals surface area contributed by atoms with Crippen molar-refractivity contribution in [2.75, 3.05) is 26.2 Å². The van der Waals surface area contributed by atoms with Crippen LogP contribution in [0, 0.1) is 5.41 Å². The molecule has 0 aliphatic carbocycles. The van der Waals surface area contributed by atoms with E-state index in [-0.39, 0.29) is 19.1 Å². The van der Waals surface area contributed by atoms with Crippen LogP contribution in [0.4, 0.5) is 8.78 Å². The molecule has 0 aromatic carbocycles. The number of aliphatic hydroxyl groups is 1. The van der Waals surface area contributed by atoms with Crippen LogP contribution in [0.2, 0.25) is 0 Å². The molecule has 1 aliphatic heterocycles. The second-order valence-electron chi connectivity index (χ2n) is 6.31. The van der Waals surface area contributed by atoms with E-state index in [0.717, 1.165) is 4.90 Å².